The molecule has 0 atom stereocenters. The third kappa shape index (κ3) is 4.47. The first-order valence-electron chi connectivity index (χ1n) is 6.31. The minimum absolute atomic E-state index is 0.229. The van der Waals surface area contributed by atoms with Crippen LogP contribution in [-0.4, -0.2) is 36.9 Å². The Balaban J connectivity index is 2.14. The van der Waals surface area contributed by atoms with E-state index in [0.29, 0.717) is 16.5 Å². The number of nitrogens with zero attached hydrogens (tertiary/aromatic N) is 1. The topological polar surface area (TPSA) is 74.7 Å². The van der Waals surface area contributed by atoms with Crippen molar-refractivity contribution in [3.63, 3.8) is 0 Å². The Morgan fingerprint density at radius 3 is 2.65 bits per heavy atom. The van der Waals surface area contributed by atoms with Crippen LogP contribution >= 0.6 is 11.6 Å². The lowest BCUT2D eigenvalue weighted by Gasteiger charge is -2.20. The van der Waals surface area contributed by atoms with Crippen LogP contribution in [0.5, 0.6) is 0 Å². The minimum Gasteiger partial charge on any atom is -0.480 e. The number of benzene rings is 1. The molecule has 5 nitrogen and oxygen atoms in total. The van der Waals surface area contributed by atoms with Crippen LogP contribution in [0.4, 0.5) is 0 Å². The summed E-state index contributed by atoms with van der Waals surface area (Å²) in [5.74, 6) is -1.07. The average Bonchev–Trinajstić information content (AvgIpc) is 3.11. The molecule has 1 saturated carbocycles. The summed E-state index contributed by atoms with van der Waals surface area (Å²) in [5, 5.41) is 9.33. The molecular weight excluding hydrogens is 302 g/mol. The van der Waals surface area contributed by atoms with Crippen LogP contribution in [0.25, 0.3) is 0 Å². The molecule has 1 N–H and O–H groups in total. The molecule has 0 aromatic heterocycles. The molecule has 0 heterocycles. The highest BCUT2D eigenvalue weighted by Crippen LogP contribution is 2.31. The number of rotatable bonds is 7. The first-order chi connectivity index (χ1) is 9.37. The number of carboxylic acid groups (broad SMARTS) is 1. The molecule has 20 heavy (non-hydrogen) atoms. The van der Waals surface area contributed by atoms with Gasteiger partial charge < -0.3 is 5.11 Å². The smallest absolute Gasteiger partial charge is 0.318 e. The van der Waals surface area contributed by atoms with Crippen LogP contribution in [0, 0.1) is 5.92 Å². The van der Waals surface area contributed by atoms with E-state index in [9.17, 15) is 13.2 Å². The van der Waals surface area contributed by atoms with Crippen molar-refractivity contribution in [1.82, 2.24) is 4.31 Å². The van der Waals surface area contributed by atoms with Crippen molar-refractivity contribution in [1.29, 1.82) is 0 Å². The van der Waals surface area contributed by atoms with Crippen molar-refractivity contribution < 1.29 is 18.3 Å². The molecule has 1 aliphatic rings. The average molecular weight is 318 g/mol. The zero-order chi connectivity index (χ0) is 14.8. The monoisotopic (exact) mass is 317 g/mol. The van der Waals surface area contributed by atoms with E-state index in [1.54, 1.807) is 24.3 Å². The fourth-order valence-corrected chi connectivity index (χ4v) is 3.69. The second-order valence-corrected chi connectivity index (χ2v) is 7.42. The van der Waals surface area contributed by atoms with E-state index < -0.39 is 22.5 Å². The molecule has 0 amide bonds. The lowest BCUT2D eigenvalue weighted by molar-refractivity contribution is -0.137. The van der Waals surface area contributed by atoms with E-state index in [1.807, 2.05) is 0 Å². The molecule has 110 valence electrons. The Kier molecular flexibility index (Phi) is 4.67. The lowest BCUT2D eigenvalue weighted by atomic mass is 10.2. The Morgan fingerprint density at radius 2 is 2.10 bits per heavy atom. The van der Waals surface area contributed by atoms with Gasteiger partial charge in [-0.3, -0.25) is 4.79 Å². The van der Waals surface area contributed by atoms with Gasteiger partial charge in [0.05, 0.1) is 5.75 Å². The molecule has 1 aromatic carbocycles. The quantitative estimate of drug-likeness (QED) is 0.834. The van der Waals surface area contributed by atoms with Gasteiger partial charge in [0.1, 0.15) is 6.54 Å². The van der Waals surface area contributed by atoms with Crippen LogP contribution in [0.3, 0.4) is 0 Å². The van der Waals surface area contributed by atoms with Crippen molar-refractivity contribution in [3.05, 3.63) is 34.9 Å². The van der Waals surface area contributed by atoms with E-state index in [4.69, 9.17) is 16.7 Å². The Bertz CT molecular complexity index is 598. The van der Waals surface area contributed by atoms with E-state index in [1.165, 1.54) is 0 Å². The molecule has 0 saturated heterocycles. The summed E-state index contributed by atoms with van der Waals surface area (Å²) in [6, 6.07) is 6.58. The van der Waals surface area contributed by atoms with Crippen LogP contribution in [-0.2, 0) is 20.6 Å². The second-order valence-electron chi connectivity index (χ2n) is 5.02. The number of halogens is 1. The van der Waals surface area contributed by atoms with Crippen LogP contribution in [0.2, 0.25) is 5.02 Å². The number of aliphatic carboxylic acids is 1. The van der Waals surface area contributed by atoms with Crippen LogP contribution < -0.4 is 0 Å². The van der Waals surface area contributed by atoms with E-state index >= 15 is 0 Å². The molecular formula is C13H16ClNO4S. The number of hydrogen-bond donors (Lipinski definition) is 1. The molecule has 0 radical (unpaired) electrons. The highest BCUT2D eigenvalue weighted by molar-refractivity contribution is 7.88. The molecule has 7 heteroatoms. The fraction of sp³-hybridized carbons (Fsp3) is 0.462. The van der Waals surface area contributed by atoms with Gasteiger partial charge in [-0.25, -0.2) is 8.42 Å². The minimum atomic E-state index is -3.65. The standard InChI is InChI=1S/C13H16ClNO4S/c14-12-3-1-2-11(6-12)9-20(18,19)15(8-13(16)17)7-10-4-5-10/h1-3,6,10H,4-5,7-9H2,(H,16,17). The normalized spacial score (nSPS) is 15.5. The first-order valence-corrected chi connectivity index (χ1v) is 8.29. The summed E-state index contributed by atoms with van der Waals surface area (Å²) in [4.78, 5) is 10.8. The van der Waals surface area contributed by atoms with E-state index in [2.05, 4.69) is 0 Å². The van der Waals surface area contributed by atoms with Crippen molar-refractivity contribution in [2.45, 2.75) is 18.6 Å². The summed E-state index contributed by atoms with van der Waals surface area (Å²) in [5.41, 5.74) is 0.559. The third-order valence-corrected chi connectivity index (χ3v) is 5.10. The van der Waals surface area contributed by atoms with Gasteiger partial charge >= 0.3 is 5.97 Å². The molecule has 0 aliphatic heterocycles. The van der Waals surface area contributed by atoms with Crippen molar-refractivity contribution in [3.8, 4) is 0 Å². The SMILES string of the molecule is O=C(O)CN(CC1CC1)S(=O)(=O)Cc1cccc(Cl)c1. The predicted octanol–water partition coefficient (Wildman–Crippen LogP) is 1.97. The zero-order valence-corrected chi connectivity index (χ0v) is 12.4. The maximum absolute atomic E-state index is 12.3. The highest BCUT2D eigenvalue weighted by atomic mass is 35.5. The van der Waals surface area contributed by atoms with Gasteiger partial charge in [0.25, 0.3) is 0 Å². The lowest BCUT2D eigenvalue weighted by Crippen LogP contribution is -2.37. The highest BCUT2D eigenvalue weighted by Gasteiger charge is 2.32. The molecule has 1 aromatic rings. The summed E-state index contributed by atoms with van der Waals surface area (Å²) < 4.78 is 25.7. The van der Waals surface area contributed by atoms with E-state index in [-0.39, 0.29) is 12.3 Å². The van der Waals surface area contributed by atoms with Crippen LogP contribution in [0.1, 0.15) is 18.4 Å². The van der Waals surface area contributed by atoms with Crippen molar-refractivity contribution in [2.24, 2.45) is 5.92 Å². The maximum atomic E-state index is 12.3. The molecule has 1 aliphatic carbocycles. The maximum Gasteiger partial charge on any atom is 0.318 e. The Morgan fingerprint density at radius 1 is 1.40 bits per heavy atom. The molecule has 2 rings (SSSR count). The van der Waals surface area contributed by atoms with Gasteiger partial charge in [0, 0.05) is 11.6 Å². The van der Waals surface area contributed by atoms with Crippen molar-refractivity contribution >= 4 is 27.6 Å². The largest absolute Gasteiger partial charge is 0.480 e. The third-order valence-electron chi connectivity index (χ3n) is 3.10. The molecule has 1 fully saturated rings. The van der Waals surface area contributed by atoms with Crippen LogP contribution in [0.15, 0.2) is 24.3 Å². The molecule has 0 unspecified atom stereocenters. The van der Waals surface area contributed by atoms with E-state index in [0.717, 1.165) is 17.1 Å². The summed E-state index contributed by atoms with van der Waals surface area (Å²) in [6.45, 7) is -0.200. The van der Waals surface area contributed by atoms with Gasteiger partial charge in [-0.2, -0.15) is 4.31 Å². The van der Waals surface area contributed by atoms with Gasteiger partial charge in [-0.05, 0) is 36.5 Å². The Labute approximate surface area is 123 Å². The van der Waals surface area contributed by atoms with Gasteiger partial charge in [0.15, 0.2) is 0 Å². The molecule has 0 bridgehead atoms. The first kappa shape index (κ1) is 15.3. The van der Waals surface area contributed by atoms with Gasteiger partial charge in [0.2, 0.25) is 10.0 Å². The van der Waals surface area contributed by atoms with Gasteiger partial charge in [-0.15, -0.1) is 0 Å². The number of hydrogen-bond acceptors (Lipinski definition) is 3. The summed E-state index contributed by atoms with van der Waals surface area (Å²) in [6.07, 6.45) is 1.92. The number of carboxylic acids is 1. The number of sulfonamides is 1. The van der Waals surface area contributed by atoms with Gasteiger partial charge in [-0.1, -0.05) is 23.7 Å². The summed E-state index contributed by atoms with van der Waals surface area (Å²) >= 11 is 5.83. The molecule has 0 spiro atoms. The zero-order valence-electron chi connectivity index (χ0n) is 10.8. The predicted molar refractivity (Wildman–Crippen MR) is 76.0 cm³/mol. The summed E-state index contributed by atoms with van der Waals surface area (Å²) in [7, 11) is -3.65. The van der Waals surface area contributed by atoms with Crippen molar-refractivity contribution in [2.75, 3.05) is 13.1 Å². The fourth-order valence-electron chi connectivity index (χ4n) is 1.94. The number of carbonyl (C=O) groups is 1. The second kappa shape index (κ2) is 6.11. The Hall–Kier alpha value is -1.11.